The first-order valence-electron chi connectivity index (χ1n) is 9.92. The van der Waals surface area contributed by atoms with Gasteiger partial charge in [-0.2, -0.15) is 0 Å². The van der Waals surface area contributed by atoms with Gasteiger partial charge < -0.3 is 5.53 Å². The molecular weight excluding hydrogens is 396 g/mol. The molecule has 0 aromatic heterocycles. The molecule has 1 aliphatic carbocycles. The minimum Gasteiger partial charge on any atom is -0.359 e. The second kappa shape index (κ2) is 9.33. The van der Waals surface area contributed by atoms with E-state index in [4.69, 9.17) is 0 Å². The lowest BCUT2D eigenvalue weighted by molar-refractivity contribution is 0.00368. The lowest BCUT2D eigenvalue weighted by atomic mass is 9.85. The number of hydrogen-bond acceptors (Lipinski definition) is 4. The molecule has 0 unspecified atom stereocenters. The van der Waals surface area contributed by atoms with E-state index in [0.717, 1.165) is 37.7 Å². The highest BCUT2D eigenvalue weighted by atomic mass is 32.3. The van der Waals surface area contributed by atoms with Crippen LogP contribution in [-0.2, 0) is 19.7 Å². The third-order valence-corrected chi connectivity index (χ3v) is 10.5. The van der Waals surface area contributed by atoms with Crippen LogP contribution in [0.5, 0.6) is 0 Å². The zero-order valence-corrected chi connectivity index (χ0v) is 18.5. The summed E-state index contributed by atoms with van der Waals surface area (Å²) in [5.41, 5.74) is 10.7. The Hall–Kier alpha value is -1.50. The van der Waals surface area contributed by atoms with Gasteiger partial charge in [-0.25, -0.2) is 16.8 Å². The van der Waals surface area contributed by atoms with Crippen molar-refractivity contribution in [2.75, 3.05) is 0 Å². The summed E-state index contributed by atoms with van der Waals surface area (Å²) >= 11 is 0. The summed E-state index contributed by atoms with van der Waals surface area (Å²) in [6.07, 6.45) is 6.88. The van der Waals surface area contributed by atoms with Gasteiger partial charge in [-0.1, -0.05) is 50.3 Å². The maximum Gasteiger partial charge on any atom is 0.499 e. The normalized spacial score (nSPS) is 20.5. The summed E-state index contributed by atoms with van der Waals surface area (Å²) < 4.78 is 50.8. The molecule has 2 rings (SSSR count). The van der Waals surface area contributed by atoms with Gasteiger partial charge in [-0.15, -0.1) is 4.79 Å². The van der Waals surface area contributed by atoms with Gasteiger partial charge in [0, 0.05) is 0 Å². The molecule has 0 radical (unpaired) electrons. The molecule has 1 aromatic rings. The Morgan fingerprint density at radius 2 is 1.71 bits per heavy atom. The van der Waals surface area contributed by atoms with E-state index in [1.165, 1.54) is 12.5 Å². The lowest BCUT2D eigenvalue weighted by Gasteiger charge is -2.27. The third-order valence-electron chi connectivity index (χ3n) is 5.62. The van der Waals surface area contributed by atoms with E-state index < -0.39 is 29.3 Å². The Morgan fingerprint density at radius 3 is 2.25 bits per heavy atom. The highest BCUT2D eigenvalue weighted by Crippen LogP contribution is 2.33. The Morgan fingerprint density at radius 1 is 1.07 bits per heavy atom. The number of unbranched alkanes of at least 4 members (excludes halogenated alkanes) is 2. The fourth-order valence-electron chi connectivity index (χ4n) is 4.01. The zero-order chi connectivity index (χ0) is 20.9. The Balaban J connectivity index is 2.23. The predicted octanol–water partition coefficient (Wildman–Crippen LogP) is 4.22. The van der Waals surface area contributed by atoms with Crippen molar-refractivity contribution < 1.29 is 21.6 Å². The van der Waals surface area contributed by atoms with E-state index in [0.29, 0.717) is 24.3 Å². The van der Waals surface area contributed by atoms with Gasteiger partial charge in [0.1, 0.15) is 0 Å². The molecule has 0 spiro atoms. The molecule has 1 aliphatic rings. The van der Waals surface area contributed by atoms with Crippen LogP contribution in [0.4, 0.5) is 0 Å². The van der Waals surface area contributed by atoms with Crippen LogP contribution >= 0.6 is 0 Å². The first-order chi connectivity index (χ1) is 13.1. The standard InChI is InChI=1S/C20H30N2O4S2/c1-4-5-6-7-17-9-11-18(12-10-17)27(23,24)20(22-21)28(25,26)19-13-8-15(2)14-16(19)3/h8,13-14,17-18H,4-7,9-12H2,1-3H3. The lowest BCUT2D eigenvalue weighted by Crippen LogP contribution is -2.37. The molecule has 8 heteroatoms. The first kappa shape index (κ1) is 22.8. The van der Waals surface area contributed by atoms with Gasteiger partial charge in [0.05, 0.1) is 10.1 Å². The van der Waals surface area contributed by atoms with E-state index in [1.807, 2.05) is 6.92 Å². The summed E-state index contributed by atoms with van der Waals surface area (Å²) in [7, 11) is -8.67. The summed E-state index contributed by atoms with van der Waals surface area (Å²) in [6, 6.07) is 4.63. The van der Waals surface area contributed by atoms with E-state index >= 15 is 0 Å². The second-order valence-electron chi connectivity index (χ2n) is 7.82. The molecule has 1 fully saturated rings. The molecule has 0 aliphatic heterocycles. The molecule has 156 valence electrons. The van der Waals surface area contributed by atoms with Crippen molar-refractivity contribution in [1.29, 1.82) is 0 Å². The van der Waals surface area contributed by atoms with Crippen molar-refractivity contribution in [3.8, 4) is 0 Å². The SMILES string of the molecule is CCCCCC1CCC(S(=O)(=O)C(=[N+]=[N-])S(=O)(=O)c2ccc(C)cc2C)CC1. The van der Waals surface area contributed by atoms with E-state index in [2.05, 4.69) is 11.7 Å². The zero-order valence-electron chi connectivity index (χ0n) is 16.9. The van der Waals surface area contributed by atoms with Crippen LogP contribution < -0.4 is 0 Å². The number of aryl methyl sites for hydroxylation is 2. The highest BCUT2D eigenvalue weighted by molar-refractivity contribution is 8.31. The van der Waals surface area contributed by atoms with E-state index in [1.54, 1.807) is 19.1 Å². The van der Waals surface area contributed by atoms with Gasteiger partial charge in [-0.3, -0.25) is 0 Å². The molecule has 0 atom stereocenters. The molecule has 28 heavy (non-hydrogen) atoms. The monoisotopic (exact) mass is 426 g/mol. The fraction of sp³-hybridized carbons (Fsp3) is 0.650. The van der Waals surface area contributed by atoms with Crippen LogP contribution in [0.3, 0.4) is 0 Å². The molecule has 0 N–H and O–H groups in total. The number of sulfone groups is 2. The molecule has 0 heterocycles. The largest absolute Gasteiger partial charge is 0.499 e. The van der Waals surface area contributed by atoms with Crippen molar-refractivity contribution in [2.24, 2.45) is 5.92 Å². The predicted molar refractivity (Wildman–Crippen MR) is 111 cm³/mol. The maximum atomic E-state index is 13.0. The number of benzene rings is 1. The van der Waals surface area contributed by atoms with Crippen molar-refractivity contribution >= 4 is 24.1 Å². The highest BCUT2D eigenvalue weighted by Gasteiger charge is 2.48. The molecule has 0 bridgehead atoms. The third kappa shape index (κ3) is 4.91. The topological polar surface area (TPSA) is 105 Å². The van der Waals surface area contributed by atoms with Gasteiger partial charge in [0.25, 0.3) is 19.7 Å². The first-order valence-corrected chi connectivity index (χ1v) is 13.0. The van der Waals surface area contributed by atoms with Gasteiger partial charge in [-0.05, 0) is 57.1 Å². The Kier molecular flexibility index (Phi) is 7.59. The fourth-order valence-corrected chi connectivity index (χ4v) is 8.23. The van der Waals surface area contributed by atoms with Gasteiger partial charge in [0.15, 0.2) is 0 Å². The van der Waals surface area contributed by atoms with E-state index in [9.17, 15) is 22.4 Å². The Labute approximate surface area is 168 Å². The minimum atomic E-state index is -4.42. The number of hydrogen-bond donors (Lipinski definition) is 0. The summed E-state index contributed by atoms with van der Waals surface area (Å²) in [5.74, 6) is 0.489. The molecule has 0 saturated heterocycles. The molecule has 6 nitrogen and oxygen atoms in total. The smallest absolute Gasteiger partial charge is 0.359 e. The molecule has 1 aromatic carbocycles. The second-order valence-corrected chi connectivity index (χ2v) is 12.1. The summed E-state index contributed by atoms with van der Waals surface area (Å²) in [5, 5.41) is -0.818. The molecular formula is C20H30N2O4S2. The van der Waals surface area contributed by atoms with E-state index in [-0.39, 0.29) is 4.90 Å². The van der Waals surface area contributed by atoms with Crippen LogP contribution in [0, 0.1) is 19.8 Å². The van der Waals surface area contributed by atoms with Crippen LogP contribution in [0.25, 0.3) is 5.53 Å². The van der Waals surface area contributed by atoms with Gasteiger partial charge >= 0.3 is 4.38 Å². The molecule has 0 amide bonds. The van der Waals surface area contributed by atoms with Crippen molar-refractivity contribution in [3.05, 3.63) is 34.9 Å². The van der Waals surface area contributed by atoms with Crippen LogP contribution in [0.2, 0.25) is 0 Å². The minimum absolute atomic E-state index is 0.136. The van der Waals surface area contributed by atoms with Crippen molar-refractivity contribution in [2.45, 2.75) is 82.3 Å². The van der Waals surface area contributed by atoms with Crippen molar-refractivity contribution in [3.63, 3.8) is 0 Å². The summed E-state index contributed by atoms with van der Waals surface area (Å²) in [6.45, 7) is 5.57. The average Bonchev–Trinajstić information content (AvgIpc) is 2.62. The van der Waals surface area contributed by atoms with Crippen LogP contribution in [0.1, 0.15) is 69.4 Å². The number of nitrogens with zero attached hydrogens (tertiary/aromatic N) is 2. The average molecular weight is 427 g/mol. The Bertz CT molecular complexity index is 954. The van der Waals surface area contributed by atoms with Gasteiger partial charge in [0.2, 0.25) is 0 Å². The maximum absolute atomic E-state index is 13.0. The van der Waals surface area contributed by atoms with Crippen LogP contribution in [0.15, 0.2) is 23.1 Å². The number of rotatable bonds is 6. The van der Waals surface area contributed by atoms with Crippen LogP contribution in [-0.4, -0.2) is 31.3 Å². The van der Waals surface area contributed by atoms with Crippen molar-refractivity contribution in [1.82, 2.24) is 0 Å². The molecule has 1 saturated carbocycles. The quantitative estimate of drug-likeness (QED) is 0.223. The summed E-state index contributed by atoms with van der Waals surface area (Å²) in [4.78, 5) is 2.63.